The van der Waals surface area contributed by atoms with E-state index < -0.39 is 11.2 Å². The molecule has 12 heavy (non-hydrogen) atoms. The number of aromatic amines is 2. The van der Waals surface area contributed by atoms with Crippen molar-refractivity contribution in [2.45, 2.75) is 19.4 Å². The first-order chi connectivity index (χ1) is 5.63. The van der Waals surface area contributed by atoms with Gasteiger partial charge in [0.25, 0.3) is 5.56 Å². The molecule has 0 radical (unpaired) electrons. The van der Waals surface area contributed by atoms with E-state index in [1.54, 1.807) is 0 Å². The van der Waals surface area contributed by atoms with E-state index >= 15 is 0 Å². The average molecular weight is 169 g/mol. The Morgan fingerprint density at radius 3 is 2.67 bits per heavy atom. The summed E-state index contributed by atoms with van der Waals surface area (Å²) in [7, 11) is 0. The summed E-state index contributed by atoms with van der Waals surface area (Å²) in [5, 5.41) is 0. The zero-order chi connectivity index (χ0) is 9.14. The normalized spacial score (nSPS) is 12.8. The third kappa shape index (κ3) is 1.82. The van der Waals surface area contributed by atoms with Gasteiger partial charge in [0.1, 0.15) is 0 Å². The van der Waals surface area contributed by atoms with E-state index in [0.717, 1.165) is 0 Å². The summed E-state index contributed by atoms with van der Waals surface area (Å²) in [5.74, 6) is 0. The minimum atomic E-state index is -0.513. The average Bonchev–Trinajstić information content (AvgIpc) is 2.01. The van der Waals surface area contributed by atoms with Gasteiger partial charge in [0.15, 0.2) is 0 Å². The van der Waals surface area contributed by atoms with Crippen molar-refractivity contribution in [3.8, 4) is 0 Å². The van der Waals surface area contributed by atoms with Gasteiger partial charge in [0.2, 0.25) is 0 Å². The van der Waals surface area contributed by atoms with E-state index in [-0.39, 0.29) is 6.04 Å². The van der Waals surface area contributed by atoms with Crippen LogP contribution >= 0.6 is 0 Å². The Hall–Kier alpha value is -1.36. The molecule has 5 nitrogen and oxygen atoms in total. The molecule has 0 amide bonds. The monoisotopic (exact) mass is 169 g/mol. The lowest BCUT2D eigenvalue weighted by atomic mass is 10.2. The molecule has 1 rings (SSSR count). The summed E-state index contributed by atoms with van der Waals surface area (Å²) in [4.78, 5) is 26.1. The predicted molar refractivity (Wildman–Crippen MR) is 44.9 cm³/mol. The van der Waals surface area contributed by atoms with Gasteiger partial charge in [-0.1, -0.05) is 6.92 Å². The van der Waals surface area contributed by atoms with Crippen molar-refractivity contribution >= 4 is 0 Å². The molecule has 4 N–H and O–H groups in total. The molecule has 66 valence electrons. The van der Waals surface area contributed by atoms with E-state index in [9.17, 15) is 9.59 Å². The molecule has 1 atom stereocenters. The van der Waals surface area contributed by atoms with Gasteiger partial charge in [-0.05, 0) is 6.42 Å². The SMILES string of the molecule is CCC(N)c1cc(=O)[nH]c(=O)[nH]1. The first-order valence-electron chi connectivity index (χ1n) is 3.72. The van der Waals surface area contributed by atoms with Crippen LogP contribution in [0.1, 0.15) is 25.1 Å². The van der Waals surface area contributed by atoms with Crippen molar-refractivity contribution in [1.82, 2.24) is 9.97 Å². The molecule has 0 aliphatic rings. The smallest absolute Gasteiger partial charge is 0.323 e. The summed E-state index contributed by atoms with van der Waals surface area (Å²) in [6, 6.07) is 1.02. The van der Waals surface area contributed by atoms with Crippen molar-refractivity contribution < 1.29 is 0 Å². The second kappa shape index (κ2) is 3.36. The molecule has 5 heteroatoms. The Morgan fingerprint density at radius 2 is 2.17 bits per heavy atom. The van der Waals surface area contributed by atoms with Crippen molar-refractivity contribution in [2.24, 2.45) is 5.73 Å². The Morgan fingerprint density at radius 1 is 1.50 bits per heavy atom. The van der Waals surface area contributed by atoms with Gasteiger partial charge in [-0.15, -0.1) is 0 Å². The molecule has 0 bridgehead atoms. The van der Waals surface area contributed by atoms with E-state index in [2.05, 4.69) is 9.97 Å². The van der Waals surface area contributed by atoms with Crippen LogP contribution in [0.4, 0.5) is 0 Å². The molecular formula is C7H11N3O2. The molecule has 1 unspecified atom stereocenters. The highest BCUT2D eigenvalue weighted by atomic mass is 16.2. The first kappa shape index (κ1) is 8.73. The van der Waals surface area contributed by atoms with Gasteiger partial charge in [-0.25, -0.2) is 4.79 Å². The van der Waals surface area contributed by atoms with Gasteiger partial charge in [0.05, 0.1) is 0 Å². The molecule has 1 heterocycles. The molecule has 0 spiro atoms. The van der Waals surface area contributed by atoms with Crippen LogP contribution in [0.5, 0.6) is 0 Å². The van der Waals surface area contributed by atoms with Gasteiger partial charge in [-0.3, -0.25) is 9.78 Å². The van der Waals surface area contributed by atoms with Crippen LogP contribution in [0, 0.1) is 0 Å². The Bertz CT molecular complexity index is 337. The van der Waals surface area contributed by atoms with Gasteiger partial charge in [-0.2, -0.15) is 0 Å². The maximum absolute atomic E-state index is 10.8. The van der Waals surface area contributed by atoms with Crippen LogP contribution in [0.2, 0.25) is 0 Å². The number of H-pyrrole nitrogens is 2. The third-order valence-electron chi connectivity index (χ3n) is 1.62. The van der Waals surface area contributed by atoms with Crippen LogP contribution in [0.15, 0.2) is 15.7 Å². The van der Waals surface area contributed by atoms with E-state index in [0.29, 0.717) is 12.1 Å². The fraction of sp³-hybridized carbons (Fsp3) is 0.429. The maximum atomic E-state index is 10.8. The van der Waals surface area contributed by atoms with E-state index in [1.165, 1.54) is 6.07 Å². The summed E-state index contributed by atoms with van der Waals surface area (Å²) in [6.45, 7) is 1.88. The molecule has 1 aromatic heterocycles. The summed E-state index contributed by atoms with van der Waals surface area (Å²) < 4.78 is 0. The Kier molecular flexibility index (Phi) is 2.44. The molecule has 0 aliphatic heterocycles. The maximum Gasteiger partial charge on any atom is 0.325 e. The molecular weight excluding hydrogens is 158 g/mol. The minimum absolute atomic E-state index is 0.278. The quantitative estimate of drug-likeness (QED) is 0.555. The molecule has 0 aromatic carbocycles. The van der Waals surface area contributed by atoms with Gasteiger partial charge >= 0.3 is 5.69 Å². The summed E-state index contributed by atoms with van der Waals surface area (Å²) >= 11 is 0. The predicted octanol–water partition coefficient (Wildman–Crippen LogP) is -0.527. The van der Waals surface area contributed by atoms with Crippen molar-refractivity contribution in [3.05, 3.63) is 32.6 Å². The lowest BCUT2D eigenvalue weighted by Gasteiger charge is -2.06. The van der Waals surface area contributed by atoms with Crippen LogP contribution in [0.25, 0.3) is 0 Å². The zero-order valence-corrected chi connectivity index (χ0v) is 6.76. The highest BCUT2D eigenvalue weighted by molar-refractivity contribution is 5.03. The minimum Gasteiger partial charge on any atom is -0.323 e. The van der Waals surface area contributed by atoms with Crippen LogP contribution in [0.3, 0.4) is 0 Å². The fourth-order valence-electron chi connectivity index (χ4n) is 0.907. The lowest BCUT2D eigenvalue weighted by Crippen LogP contribution is -2.26. The molecule has 0 fully saturated rings. The van der Waals surface area contributed by atoms with Gasteiger partial charge in [0, 0.05) is 17.8 Å². The number of hydrogen-bond acceptors (Lipinski definition) is 3. The van der Waals surface area contributed by atoms with Crippen LogP contribution in [-0.4, -0.2) is 9.97 Å². The number of rotatable bonds is 2. The standard InChI is InChI=1S/C7H11N3O2/c1-2-4(8)5-3-6(11)10-7(12)9-5/h3-4H,2,8H2,1H3,(H2,9,10,11,12). The first-order valence-corrected chi connectivity index (χ1v) is 3.72. The fourth-order valence-corrected chi connectivity index (χ4v) is 0.907. The molecule has 0 aliphatic carbocycles. The molecule has 1 aromatic rings. The van der Waals surface area contributed by atoms with Crippen LogP contribution in [-0.2, 0) is 0 Å². The van der Waals surface area contributed by atoms with Crippen molar-refractivity contribution in [3.63, 3.8) is 0 Å². The van der Waals surface area contributed by atoms with Crippen molar-refractivity contribution in [1.29, 1.82) is 0 Å². The topological polar surface area (TPSA) is 91.7 Å². The number of aromatic nitrogens is 2. The molecule has 0 saturated carbocycles. The number of hydrogen-bond donors (Lipinski definition) is 3. The lowest BCUT2D eigenvalue weighted by molar-refractivity contribution is 0.666. The highest BCUT2D eigenvalue weighted by Crippen LogP contribution is 2.05. The Labute approximate surface area is 68.6 Å². The van der Waals surface area contributed by atoms with E-state index in [4.69, 9.17) is 5.73 Å². The van der Waals surface area contributed by atoms with Gasteiger partial charge < -0.3 is 10.7 Å². The summed E-state index contributed by atoms with van der Waals surface area (Å²) in [5.41, 5.74) is 5.16. The number of nitrogens with two attached hydrogens (primary N) is 1. The second-order valence-electron chi connectivity index (χ2n) is 2.56. The molecule has 0 saturated heterocycles. The number of nitrogens with one attached hydrogen (secondary N) is 2. The Balaban J connectivity index is 3.17. The van der Waals surface area contributed by atoms with E-state index in [1.807, 2.05) is 6.92 Å². The summed E-state index contributed by atoms with van der Waals surface area (Å²) in [6.07, 6.45) is 0.680. The second-order valence-corrected chi connectivity index (χ2v) is 2.56. The zero-order valence-electron chi connectivity index (χ0n) is 6.76. The third-order valence-corrected chi connectivity index (χ3v) is 1.62. The van der Waals surface area contributed by atoms with Crippen LogP contribution < -0.4 is 17.0 Å². The highest BCUT2D eigenvalue weighted by Gasteiger charge is 2.04. The largest absolute Gasteiger partial charge is 0.325 e. The van der Waals surface area contributed by atoms with Crippen molar-refractivity contribution in [2.75, 3.05) is 0 Å².